The number of benzene rings is 4. The molecule has 0 spiro atoms. The zero-order valence-corrected chi connectivity index (χ0v) is 24.8. The van der Waals surface area contributed by atoms with Crippen LogP contribution in [0.3, 0.4) is 0 Å². The quantitative estimate of drug-likeness (QED) is 0.191. The molecule has 1 aliphatic heterocycles. The van der Waals surface area contributed by atoms with Crippen LogP contribution in [0.4, 0.5) is 5.69 Å². The first kappa shape index (κ1) is 30.1. The molecule has 0 saturated carbocycles. The highest BCUT2D eigenvalue weighted by atomic mass is 32.2. The van der Waals surface area contributed by atoms with Gasteiger partial charge in [-0.1, -0.05) is 78.9 Å². The van der Waals surface area contributed by atoms with E-state index in [2.05, 4.69) is 0 Å². The Morgan fingerprint density at radius 2 is 1.56 bits per heavy atom. The van der Waals surface area contributed by atoms with Crippen molar-refractivity contribution in [3.05, 3.63) is 114 Å². The maximum absolute atomic E-state index is 14.1. The normalized spacial score (nSPS) is 15.9. The first-order chi connectivity index (χ1) is 20.5. The molecule has 1 atom stereocenters. The van der Waals surface area contributed by atoms with Gasteiger partial charge in [0.2, 0.25) is 26.0 Å². The average molecular weight is 618 g/mol. The van der Waals surface area contributed by atoms with Gasteiger partial charge < -0.3 is 10.6 Å². The summed E-state index contributed by atoms with van der Waals surface area (Å²) in [6.07, 6.45) is 0.730. The maximum atomic E-state index is 14.1. The van der Waals surface area contributed by atoms with Gasteiger partial charge in [0.05, 0.1) is 9.79 Å². The number of anilines is 1. The molecule has 5 rings (SSSR count). The second-order valence-electron chi connectivity index (χ2n) is 10.2. The number of piperidine rings is 1. The number of amides is 1. The number of amidine groups is 1. The van der Waals surface area contributed by atoms with Gasteiger partial charge in [-0.3, -0.25) is 10.2 Å². The van der Waals surface area contributed by atoms with Crippen LogP contribution in [0.15, 0.2) is 113 Å². The fourth-order valence-corrected chi connectivity index (χ4v) is 7.66. The van der Waals surface area contributed by atoms with Crippen molar-refractivity contribution in [2.24, 2.45) is 10.9 Å². The van der Waals surface area contributed by atoms with Gasteiger partial charge >= 0.3 is 0 Å². The zero-order chi connectivity index (χ0) is 30.8. The van der Waals surface area contributed by atoms with Crippen LogP contribution in [0.25, 0.3) is 11.1 Å². The van der Waals surface area contributed by atoms with Crippen LogP contribution in [0, 0.1) is 5.41 Å². The monoisotopic (exact) mass is 617 g/mol. The number of hydrogen-bond acceptors (Lipinski definition) is 6. The van der Waals surface area contributed by atoms with Crippen molar-refractivity contribution in [1.29, 1.82) is 5.41 Å². The van der Waals surface area contributed by atoms with Crippen molar-refractivity contribution in [3.8, 4) is 11.1 Å². The Hall–Kier alpha value is -4.36. The Labute approximate surface area is 251 Å². The van der Waals surface area contributed by atoms with Crippen LogP contribution in [-0.2, 0) is 31.4 Å². The van der Waals surface area contributed by atoms with Crippen molar-refractivity contribution in [3.63, 3.8) is 0 Å². The van der Waals surface area contributed by atoms with Gasteiger partial charge in [0.25, 0.3) is 0 Å². The van der Waals surface area contributed by atoms with E-state index in [1.807, 2.05) is 12.1 Å². The summed E-state index contributed by atoms with van der Waals surface area (Å²) < 4.78 is 54.7. The van der Waals surface area contributed by atoms with Crippen molar-refractivity contribution >= 4 is 37.5 Å². The fraction of sp³-hybridized carbons (Fsp3) is 0.161. The molecule has 0 aliphatic carbocycles. The molecule has 4 aromatic carbocycles. The highest BCUT2D eigenvalue weighted by molar-refractivity contribution is 7.89. The smallest absolute Gasteiger partial charge is 0.245 e. The van der Waals surface area contributed by atoms with E-state index in [1.165, 1.54) is 33.5 Å². The minimum atomic E-state index is -4.25. The molecule has 0 bridgehead atoms. The van der Waals surface area contributed by atoms with Crippen LogP contribution in [-0.4, -0.2) is 45.5 Å². The largest absolute Gasteiger partial charge is 0.384 e. The van der Waals surface area contributed by atoms with Gasteiger partial charge in [0, 0.05) is 29.9 Å². The first-order valence-electron chi connectivity index (χ1n) is 13.5. The van der Waals surface area contributed by atoms with Gasteiger partial charge in [0.15, 0.2) is 0 Å². The molecule has 4 aromatic rings. The minimum Gasteiger partial charge on any atom is -0.384 e. The number of nitrogen functional groups attached to an aromatic ring is 1. The molecule has 1 unspecified atom stereocenters. The molecule has 5 N–H and O–H groups in total. The molecular weight excluding hydrogens is 587 g/mol. The van der Waals surface area contributed by atoms with Gasteiger partial charge in [-0.15, -0.1) is 0 Å². The number of rotatable bonds is 9. The van der Waals surface area contributed by atoms with Gasteiger partial charge in [0.1, 0.15) is 11.9 Å². The molecule has 12 heteroatoms. The molecule has 1 amide bonds. The third-order valence-corrected chi connectivity index (χ3v) is 10.2. The van der Waals surface area contributed by atoms with E-state index in [9.17, 15) is 21.6 Å². The number of primary sulfonamides is 1. The second-order valence-corrected chi connectivity index (χ2v) is 13.6. The molecular formula is C31H31N5O5S2. The van der Waals surface area contributed by atoms with E-state index in [0.717, 1.165) is 0 Å². The van der Waals surface area contributed by atoms with Crippen molar-refractivity contribution < 1.29 is 21.6 Å². The van der Waals surface area contributed by atoms with Crippen molar-refractivity contribution in [2.45, 2.75) is 35.2 Å². The predicted molar refractivity (Wildman–Crippen MR) is 165 cm³/mol. The van der Waals surface area contributed by atoms with Crippen LogP contribution in [0.5, 0.6) is 0 Å². The van der Waals surface area contributed by atoms with E-state index in [4.69, 9.17) is 16.3 Å². The Balaban J connectivity index is 1.56. The number of nitrogens with one attached hydrogen (secondary N) is 1. The molecule has 10 nitrogen and oxygen atoms in total. The Morgan fingerprint density at radius 3 is 2.21 bits per heavy atom. The summed E-state index contributed by atoms with van der Waals surface area (Å²) in [6, 6.07) is 27.1. The lowest BCUT2D eigenvalue weighted by atomic mass is 10.0. The molecule has 1 fully saturated rings. The summed E-state index contributed by atoms with van der Waals surface area (Å²) in [5.41, 5.74) is 7.89. The highest BCUT2D eigenvalue weighted by Gasteiger charge is 2.41. The molecule has 1 saturated heterocycles. The van der Waals surface area contributed by atoms with Gasteiger partial charge in [-0.05, 0) is 48.2 Å². The Kier molecular flexibility index (Phi) is 8.47. The summed E-state index contributed by atoms with van der Waals surface area (Å²) >= 11 is 0. The molecule has 0 radical (unpaired) electrons. The topological polar surface area (TPSA) is 168 Å². The van der Waals surface area contributed by atoms with Crippen molar-refractivity contribution in [1.82, 2.24) is 4.31 Å². The molecule has 43 heavy (non-hydrogen) atoms. The first-order valence-corrected chi connectivity index (χ1v) is 16.5. The molecule has 1 aliphatic rings. The predicted octanol–water partition coefficient (Wildman–Crippen LogP) is 3.67. The Bertz CT molecular complexity index is 1880. The lowest BCUT2D eigenvalue weighted by Gasteiger charge is -2.38. The molecule has 222 valence electrons. The number of nitrogens with two attached hydrogens (primary N) is 2. The summed E-state index contributed by atoms with van der Waals surface area (Å²) in [4.78, 5) is 15.3. The van der Waals surface area contributed by atoms with E-state index in [-0.39, 0.29) is 40.7 Å². The number of carbonyl (C=O) groups excluding carboxylic acids is 1. The van der Waals surface area contributed by atoms with E-state index in [0.29, 0.717) is 28.8 Å². The lowest BCUT2D eigenvalue weighted by Crippen LogP contribution is -2.54. The summed E-state index contributed by atoms with van der Waals surface area (Å²) in [5, 5.41) is 13.4. The molecule has 0 aromatic heterocycles. The summed E-state index contributed by atoms with van der Waals surface area (Å²) in [5.74, 6) is -0.766. The van der Waals surface area contributed by atoms with E-state index >= 15 is 0 Å². The average Bonchev–Trinajstić information content (AvgIpc) is 3.00. The SMILES string of the molecule is N=C(N)c1cccc(S(=O)(=O)N(Cc2ccccc2)C2CCCN(c3ccc(-c4ccccc4)c(S(N)(=O)=O)c3)C2=O)c1. The van der Waals surface area contributed by atoms with Crippen LogP contribution >= 0.6 is 0 Å². The fourth-order valence-electron chi connectivity index (χ4n) is 5.24. The Morgan fingerprint density at radius 1 is 0.884 bits per heavy atom. The standard InChI is InChI=1S/C31H31N5O5S2/c32-30(33)24-13-7-14-26(19-24)43(40,41)36(21-22-9-3-1-4-10-22)28-15-8-18-35(31(28)37)25-16-17-27(23-11-5-2-6-12-23)29(20-25)42(34,38)39/h1-7,9-14,16-17,19-20,28H,8,15,18,21H2,(H3,32,33)(H2,34,38,39). The van der Waals surface area contributed by atoms with Crippen molar-refractivity contribution in [2.75, 3.05) is 11.4 Å². The van der Waals surface area contributed by atoms with Crippen LogP contribution in [0.2, 0.25) is 0 Å². The lowest BCUT2D eigenvalue weighted by molar-refractivity contribution is -0.123. The van der Waals surface area contributed by atoms with Crippen LogP contribution < -0.4 is 15.8 Å². The maximum Gasteiger partial charge on any atom is 0.245 e. The van der Waals surface area contributed by atoms with E-state index < -0.39 is 32.0 Å². The van der Waals surface area contributed by atoms with Gasteiger partial charge in [-0.2, -0.15) is 4.31 Å². The molecule has 1 heterocycles. The number of nitrogens with zero attached hydrogens (tertiary/aromatic N) is 2. The number of carbonyl (C=O) groups is 1. The third kappa shape index (κ3) is 6.37. The summed E-state index contributed by atoms with van der Waals surface area (Å²) in [7, 11) is -8.42. The third-order valence-electron chi connectivity index (χ3n) is 7.36. The second kappa shape index (κ2) is 12.1. The number of sulfonamides is 2. The van der Waals surface area contributed by atoms with Crippen LogP contribution in [0.1, 0.15) is 24.0 Å². The zero-order valence-electron chi connectivity index (χ0n) is 23.1. The number of hydrogen-bond donors (Lipinski definition) is 3. The summed E-state index contributed by atoms with van der Waals surface area (Å²) in [6.45, 7) is 0.191. The highest BCUT2D eigenvalue weighted by Crippen LogP contribution is 2.34. The van der Waals surface area contributed by atoms with Gasteiger partial charge in [-0.25, -0.2) is 22.0 Å². The van der Waals surface area contributed by atoms with E-state index in [1.54, 1.807) is 66.7 Å². The minimum absolute atomic E-state index is 0.0763.